The van der Waals surface area contributed by atoms with E-state index in [2.05, 4.69) is 20.8 Å². The summed E-state index contributed by atoms with van der Waals surface area (Å²) in [6, 6.07) is 0. The van der Waals surface area contributed by atoms with Gasteiger partial charge in [-0.2, -0.15) is 0 Å². The summed E-state index contributed by atoms with van der Waals surface area (Å²) >= 11 is 0. The number of hydrogen-bond donors (Lipinski definition) is 0. The van der Waals surface area contributed by atoms with Crippen LogP contribution in [0.5, 0.6) is 0 Å². The molecule has 2 heteroatoms. The lowest BCUT2D eigenvalue weighted by molar-refractivity contribution is 0.0989. The maximum atomic E-state index is 5.47. The highest BCUT2D eigenvalue weighted by molar-refractivity contribution is 4.60. The zero-order chi connectivity index (χ0) is 10.9. The van der Waals surface area contributed by atoms with Gasteiger partial charge in [-0.25, -0.2) is 0 Å². The third-order valence-electron chi connectivity index (χ3n) is 2.10. The topological polar surface area (TPSA) is 18.5 Å². The SMILES string of the molecule is COCCCOCCCCC(C)(C)C. The molecule has 0 aromatic rings. The summed E-state index contributed by atoms with van der Waals surface area (Å²) in [5.74, 6) is 0. The fourth-order valence-corrected chi connectivity index (χ4v) is 1.27. The Balaban J connectivity index is 2.99. The third-order valence-corrected chi connectivity index (χ3v) is 2.10. The predicted octanol–water partition coefficient (Wildman–Crippen LogP) is 3.26. The van der Waals surface area contributed by atoms with Crippen LogP contribution in [0.4, 0.5) is 0 Å². The molecular formula is C12H26O2. The van der Waals surface area contributed by atoms with Gasteiger partial charge in [0, 0.05) is 26.9 Å². The molecule has 0 saturated carbocycles. The Hall–Kier alpha value is -0.0800. The van der Waals surface area contributed by atoms with Crippen LogP contribution in [0.25, 0.3) is 0 Å². The van der Waals surface area contributed by atoms with Gasteiger partial charge in [0.15, 0.2) is 0 Å². The molecule has 0 aromatic heterocycles. The van der Waals surface area contributed by atoms with Crippen LogP contribution in [0.15, 0.2) is 0 Å². The number of methoxy groups -OCH3 is 1. The van der Waals surface area contributed by atoms with Gasteiger partial charge in [0.1, 0.15) is 0 Å². The van der Waals surface area contributed by atoms with Gasteiger partial charge in [0.2, 0.25) is 0 Å². The number of hydrogen-bond acceptors (Lipinski definition) is 2. The molecule has 0 bridgehead atoms. The van der Waals surface area contributed by atoms with Gasteiger partial charge < -0.3 is 9.47 Å². The van der Waals surface area contributed by atoms with E-state index < -0.39 is 0 Å². The number of unbranched alkanes of at least 4 members (excludes halogenated alkanes) is 1. The van der Waals surface area contributed by atoms with Crippen LogP contribution < -0.4 is 0 Å². The van der Waals surface area contributed by atoms with Crippen molar-refractivity contribution in [2.24, 2.45) is 5.41 Å². The predicted molar refractivity (Wildman–Crippen MR) is 60.6 cm³/mol. The minimum Gasteiger partial charge on any atom is -0.385 e. The maximum Gasteiger partial charge on any atom is 0.0487 e. The highest BCUT2D eigenvalue weighted by Crippen LogP contribution is 2.21. The molecule has 0 rings (SSSR count). The second-order valence-electron chi connectivity index (χ2n) is 4.98. The lowest BCUT2D eigenvalue weighted by Gasteiger charge is -2.17. The molecular weight excluding hydrogens is 176 g/mol. The average molecular weight is 202 g/mol. The first-order valence-electron chi connectivity index (χ1n) is 5.63. The summed E-state index contributed by atoms with van der Waals surface area (Å²) in [6.45, 7) is 9.40. The largest absolute Gasteiger partial charge is 0.385 e. The standard InChI is InChI=1S/C12H26O2/c1-12(2,3)8-5-6-10-14-11-7-9-13-4/h5-11H2,1-4H3. The molecule has 0 unspecified atom stereocenters. The second kappa shape index (κ2) is 8.25. The van der Waals surface area contributed by atoms with Crippen LogP contribution in [0, 0.1) is 5.41 Å². The Kier molecular flexibility index (Phi) is 8.20. The Morgan fingerprint density at radius 2 is 1.50 bits per heavy atom. The molecule has 2 nitrogen and oxygen atoms in total. The van der Waals surface area contributed by atoms with E-state index in [9.17, 15) is 0 Å². The summed E-state index contributed by atoms with van der Waals surface area (Å²) in [4.78, 5) is 0. The first-order valence-corrected chi connectivity index (χ1v) is 5.63. The normalized spacial score (nSPS) is 12.0. The molecule has 0 aliphatic heterocycles. The maximum absolute atomic E-state index is 5.47. The van der Waals surface area contributed by atoms with Gasteiger partial charge in [-0.05, 0) is 24.7 Å². The van der Waals surface area contributed by atoms with Crippen molar-refractivity contribution in [2.45, 2.75) is 46.5 Å². The summed E-state index contributed by atoms with van der Waals surface area (Å²) in [7, 11) is 1.73. The van der Waals surface area contributed by atoms with E-state index >= 15 is 0 Å². The van der Waals surface area contributed by atoms with Crippen molar-refractivity contribution in [1.29, 1.82) is 0 Å². The first kappa shape index (κ1) is 13.9. The lowest BCUT2D eigenvalue weighted by Crippen LogP contribution is -2.06. The van der Waals surface area contributed by atoms with Crippen molar-refractivity contribution in [3.8, 4) is 0 Å². The Morgan fingerprint density at radius 1 is 0.857 bits per heavy atom. The van der Waals surface area contributed by atoms with Crippen LogP contribution in [0.3, 0.4) is 0 Å². The van der Waals surface area contributed by atoms with Gasteiger partial charge in [-0.1, -0.05) is 27.2 Å². The van der Waals surface area contributed by atoms with E-state index in [1.165, 1.54) is 19.3 Å². The van der Waals surface area contributed by atoms with Crippen LogP contribution in [0.1, 0.15) is 46.5 Å². The van der Waals surface area contributed by atoms with E-state index in [0.717, 1.165) is 26.2 Å². The molecule has 0 saturated heterocycles. The second-order valence-corrected chi connectivity index (χ2v) is 4.98. The Labute approximate surface area is 89.0 Å². The summed E-state index contributed by atoms with van der Waals surface area (Å²) in [6.07, 6.45) is 4.75. The average Bonchev–Trinajstić information content (AvgIpc) is 2.08. The van der Waals surface area contributed by atoms with Gasteiger partial charge >= 0.3 is 0 Å². The van der Waals surface area contributed by atoms with Crippen LogP contribution in [-0.4, -0.2) is 26.9 Å². The molecule has 0 heterocycles. The monoisotopic (exact) mass is 202 g/mol. The Bertz CT molecular complexity index is 116. The van der Waals surface area contributed by atoms with Crippen molar-refractivity contribution in [3.05, 3.63) is 0 Å². The quantitative estimate of drug-likeness (QED) is 0.562. The molecule has 0 N–H and O–H groups in total. The highest BCUT2D eigenvalue weighted by atomic mass is 16.5. The molecule has 14 heavy (non-hydrogen) atoms. The zero-order valence-electron chi connectivity index (χ0n) is 10.3. The molecule has 86 valence electrons. The van der Waals surface area contributed by atoms with Gasteiger partial charge in [0.25, 0.3) is 0 Å². The molecule has 0 amide bonds. The van der Waals surface area contributed by atoms with Gasteiger partial charge in [0.05, 0.1) is 0 Å². The molecule has 0 spiro atoms. The molecule has 0 atom stereocenters. The van der Waals surface area contributed by atoms with Crippen LogP contribution in [-0.2, 0) is 9.47 Å². The highest BCUT2D eigenvalue weighted by Gasteiger charge is 2.08. The smallest absolute Gasteiger partial charge is 0.0487 e. The van der Waals surface area contributed by atoms with E-state index in [1.807, 2.05) is 0 Å². The van der Waals surface area contributed by atoms with E-state index in [-0.39, 0.29) is 0 Å². The fraction of sp³-hybridized carbons (Fsp3) is 1.00. The van der Waals surface area contributed by atoms with Crippen molar-refractivity contribution in [1.82, 2.24) is 0 Å². The molecule has 0 aliphatic rings. The number of rotatable bonds is 8. The molecule has 0 fully saturated rings. The molecule has 0 aliphatic carbocycles. The molecule has 0 aromatic carbocycles. The zero-order valence-corrected chi connectivity index (χ0v) is 10.3. The minimum absolute atomic E-state index is 0.468. The molecule has 0 radical (unpaired) electrons. The minimum atomic E-state index is 0.468. The number of ether oxygens (including phenoxy) is 2. The van der Waals surface area contributed by atoms with Crippen LogP contribution >= 0.6 is 0 Å². The van der Waals surface area contributed by atoms with Gasteiger partial charge in [-0.15, -0.1) is 0 Å². The summed E-state index contributed by atoms with van der Waals surface area (Å²) < 4.78 is 10.4. The van der Waals surface area contributed by atoms with Crippen LogP contribution in [0.2, 0.25) is 0 Å². The summed E-state index contributed by atoms with van der Waals surface area (Å²) in [5, 5.41) is 0. The van der Waals surface area contributed by atoms with Crippen molar-refractivity contribution >= 4 is 0 Å². The van der Waals surface area contributed by atoms with Gasteiger partial charge in [-0.3, -0.25) is 0 Å². The summed E-state index contributed by atoms with van der Waals surface area (Å²) in [5.41, 5.74) is 0.468. The fourth-order valence-electron chi connectivity index (χ4n) is 1.27. The lowest BCUT2D eigenvalue weighted by atomic mass is 9.90. The van der Waals surface area contributed by atoms with E-state index in [0.29, 0.717) is 5.41 Å². The van der Waals surface area contributed by atoms with Crippen molar-refractivity contribution < 1.29 is 9.47 Å². The Morgan fingerprint density at radius 3 is 2.07 bits per heavy atom. The van der Waals surface area contributed by atoms with E-state index in [1.54, 1.807) is 7.11 Å². The first-order chi connectivity index (χ1) is 6.56. The van der Waals surface area contributed by atoms with Crippen molar-refractivity contribution in [3.63, 3.8) is 0 Å². The third kappa shape index (κ3) is 11.9. The van der Waals surface area contributed by atoms with Crippen molar-refractivity contribution in [2.75, 3.05) is 26.9 Å². The van der Waals surface area contributed by atoms with E-state index in [4.69, 9.17) is 9.47 Å².